The second kappa shape index (κ2) is 2.68. The Balaban J connectivity index is 2.05. The van der Waals surface area contributed by atoms with E-state index in [2.05, 4.69) is 0 Å². The Morgan fingerprint density at radius 2 is 2.00 bits per heavy atom. The SMILES string of the molecule is C[C@@H]1[C@@]2(CO)C[C@@]12S(=O)(=O)c1ccccc1. The van der Waals surface area contributed by atoms with Gasteiger partial charge in [0, 0.05) is 5.41 Å². The van der Waals surface area contributed by atoms with Crippen molar-refractivity contribution in [1.82, 2.24) is 0 Å². The molecule has 3 atom stereocenters. The Morgan fingerprint density at radius 1 is 1.38 bits per heavy atom. The number of hydrogen-bond donors (Lipinski definition) is 1. The molecule has 2 aliphatic rings. The third-order valence-corrected chi connectivity index (χ3v) is 7.31. The van der Waals surface area contributed by atoms with Crippen LogP contribution in [0.1, 0.15) is 13.3 Å². The van der Waals surface area contributed by atoms with Crippen LogP contribution >= 0.6 is 0 Å². The summed E-state index contributed by atoms with van der Waals surface area (Å²) in [5.41, 5.74) is -0.332. The lowest BCUT2D eigenvalue weighted by Gasteiger charge is -2.09. The second-order valence-electron chi connectivity index (χ2n) is 4.92. The van der Waals surface area contributed by atoms with Gasteiger partial charge >= 0.3 is 0 Å². The molecule has 4 heteroatoms. The molecule has 0 spiro atoms. The minimum Gasteiger partial charge on any atom is -0.396 e. The fourth-order valence-electron chi connectivity index (χ4n) is 3.19. The number of fused-ring (bicyclic) bond motifs is 1. The van der Waals surface area contributed by atoms with E-state index < -0.39 is 14.6 Å². The third kappa shape index (κ3) is 0.834. The van der Waals surface area contributed by atoms with Crippen LogP contribution in [0.4, 0.5) is 0 Å². The summed E-state index contributed by atoms with van der Waals surface area (Å²) >= 11 is 0. The van der Waals surface area contributed by atoms with Crippen molar-refractivity contribution < 1.29 is 13.5 Å². The Morgan fingerprint density at radius 3 is 2.44 bits per heavy atom. The van der Waals surface area contributed by atoms with Gasteiger partial charge in [0.2, 0.25) is 0 Å². The van der Waals surface area contributed by atoms with E-state index in [9.17, 15) is 13.5 Å². The summed E-state index contributed by atoms with van der Waals surface area (Å²) in [7, 11) is -3.27. The van der Waals surface area contributed by atoms with E-state index in [1.165, 1.54) is 0 Å². The van der Waals surface area contributed by atoms with Gasteiger partial charge in [0.05, 0.1) is 16.2 Å². The van der Waals surface area contributed by atoms with Crippen LogP contribution < -0.4 is 0 Å². The molecule has 0 heterocycles. The van der Waals surface area contributed by atoms with Gasteiger partial charge in [0.1, 0.15) is 0 Å². The second-order valence-corrected chi connectivity index (χ2v) is 7.13. The zero-order valence-electron chi connectivity index (χ0n) is 9.05. The molecule has 3 rings (SSSR count). The van der Waals surface area contributed by atoms with Gasteiger partial charge in [-0.25, -0.2) is 8.42 Å². The number of aliphatic hydroxyl groups is 1. The zero-order valence-corrected chi connectivity index (χ0v) is 9.87. The topological polar surface area (TPSA) is 54.4 Å². The van der Waals surface area contributed by atoms with Crippen LogP contribution in [0.15, 0.2) is 35.2 Å². The summed E-state index contributed by atoms with van der Waals surface area (Å²) in [4.78, 5) is 0.384. The lowest BCUT2D eigenvalue weighted by atomic mass is 10.1. The summed E-state index contributed by atoms with van der Waals surface area (Å²) in [6.07, 6.45) is 0.620. The summed E-state index contributed by atoms with van der Waals surface area (Å²) in [5, 5.41) is 9.29. The van der Waals surface area contributed by atoms with Crippen molar-refractivity contribution in [3.63, 3.8) is 0 Å². The van der Waals surface area contributed by atoms with Gasteiger partial charge in [0.25, 0.3) is 0 Å². The van der Waals surface area contributed by atoms with E-state index in [0.717, 1.165) is 0 Å². The smallest absolute Gasteiger partial charge is 0.185 e. The van der Waals surface area contributed by atoms with Crippen molar-refractivity contribution in [3.05, 3.63) is 30.3 Å². The molecule has 1 aromatic rings. The number of benzene rings is 1. The van der Waals surface area contributed by atoms with Crippen molar-refractivity contribution >= 4 is 9.84 Å². The first-order chi connectivity index (χ1) is 7.53. The first kappa shape index (κ1) is 10.3. The van der Waals surface area contributed by atoms with E-state index in [1.54, 1.807) is 30.3 Å². The quantitative estimate of drug-likeness (QED) is 0.861. The maximum absolute atomic E-state index is 12.4. The number of aliphatic hydroxyl groups excluding tert-OH is 1. The van der Waals surface area contributed by atoms with E-state index in [-0.39, 0.29) is 17.9 Å². The molecule has 3 nitrogen and oxygen atoms in total. The largest absolute Gasteiger partial charge is 0.396 e. The van der Waals surface area contributed by atoms with E-state index in [0.29, 0.717) is 11.3 Å². The van der Waals surface area contributed by atoms with Gasteiger partial charge in [-0.15, -0.1) is 0 Å². The van der Waals surface area contributed by atoms with Crippen molar-refractivity contribution in [1.29, 1.82) is 0 Å². The molecule has 0 unspecified atom stereocenters. The van der Waals surface area contributed by atoms with Crippen LogP contribution in [-0.2, 0) is 9.84 Å². The summed E-state index contributed by atoms with van der Waals surface area (Å²) in [6.45, 7) is 1.90. The summed E-state index contributed by atoms with van der Waals surface area (Å²) in [6, 6.07) is 8.55. The third-order valence-electron chi connectivity index (χ3n) is 4.56. The predicted octanol–water partition coefficient (Wildman–Crippen LogP) is 1.23. The Hall–Kier alpha value is -0.870. The molecular formula is C12H14O3S. The summed E-state index contributed by atoms with van der Waals surface area (Å²) in [5.74, 6) is 0.0928. The molecule has 86 valence electrons. The number of rotatable bonds is 3. The molecule has 2 aliphatic carbocycles. The van der Waals surface area contributed by atoms with E-state index in [1.807, 2.05) is 6.92 Å². The fourth-order valence-corrected chi connectivity index (χ4v) is 5.98. The highest BCUT2D eigenvalue weighted by molar-refractivity contribution is 7.93. The Labute approximate surface area is 95.0 Å². The predicted molar refractivity (Wildman–Crippen MR) is 59.7 cm³/mol. The molecule has 1 aromatic carbocycles. The zero-order chi connectivity index (χ0) is 11.6. The first-order valence-electron chi connectivity index (χ1n) is 5.43. The molecule has 2 fully saturated rings. The summed E-state index contributed by atoms with van der Waals surface area (Å²) < 4.78 is 24.2. The average Bonchev–Trinajstić information content (AvgIpc) is 3.15. The van der Waals surface area contributed by atoms with Gasteiger partial charge in [0.15, 0.2) is 9.84 Å². The molecule has 0 amide bonds. The first-order valence-corrected chi connectivity index (χ1v) is 6.92. The molecule has 0 radical (unpaired) electrons. The minimum atomic E-state index is -3.27. The van der Waals surface area contributed by atoms with Crippen LogP contribution in [0.25, 0.3) is 0 Å². The fraction of sp³-hybridized carbons (Fsp3) is 0.500. The molecule has 0 aromatic heterocycles. The number of sulfone groups is 1. The molecule has 2 saturated carbocycles. The Kier molecular flexibility index (Phi) is 1.73. The minimum absolute atomic E-state index is 0.0137. The van der Waals surface area contributed by atoms with Gasteiger partial charge < -0.3 is 5.11 Å². The van der Waals surface area contributed by atoms with Crippen molar-refractivity contribution in [2.24, 2.45) is 11.3 Å². The van der Waals surface area contributed by atoms with Crippen molar-refractivity contribution in [3.8, 4) is 0 Å². The molecule has 0 saturated heterocycles. The highest BCUT2D eigenvalue weighted by Crippen LogP contribution is 2.86. The highest BCUT2D eigenvalue weighted by atomic mass is 32.2. The molecular weight excluding hydrogens is 224 g/mol. The van der Waals surface area contributed by atoms with Crippen molar-refractivity contribution in [2.75, 3.05) is 6.61 Å². The normalized spacial score (nSPS) is 40.2. The van der Waals surface area contributed by atoms with Crippen LogP contribution in [0, 0.1) is 11.3 Å². The van der Waals surface area contributed by atoms with Gasteiger partial charge in [-0.1, -0.05) is 25.1 Å². The van der Waals surface area contributed by atoms with Gasteiger partial charge in [-0.2, -0.15) is 0 Å². The van der Waals surface area contributed by atoms with E-state index >= 15 is 0 Å². The van der Waals surface area contributed by atoms with Crippen LogP contribution in [0.2, 0.25) is 0 Å². The Bertz CT molecular complexity index is 537. The van der Waals surface area contributed by atoms with Crippen LogP contribution in [0.3, 0.4) is 0 Å². The monoisotopic (exact) mass is 238 g/mol. The lowest BCUT2D eigenvalue weighted by Crippen LogP contribution is -2.17. The van der Waals surface area contributed by atoms with Crippen LogP contribution in [0.5, 0.6) is 0 Å². The van der Waals surface area contributed by atoms with Gasteiger partial charge in [-0.3, -0.25) is 0 Å². The van der Waals surface area contributed by atoms with Crippen LogP contribution in [-0.4, -0.2) is 24.9 Å². The van der Waals surface area contributed by atoms with Gasteiger partial charge in [-0.05, 0) is 24.5 Å². The molecule has 0 bridgehead atoms. The standard InChI is InChI=1S/C12H14O3S/c1-9-11(8-13)7-12(9,11)16(14,15)10-5-3-2-4-6-10/h2-6,9,13H,7-8H2,1H3/t9-,11+,12-/m1/s1. The maximum atomic E-state index is 12.4. The molecule has 0 aliphatic heterocycles. The van der Waals surface area contributed by atoms with Crippen molar-refractivity contribution in [2.45, 2.75) is 23.0 Å². The molecule has 16 heavy (non-hydrogen) atoms. The maximum Gasteiger partial charge on any atom is 0.185 e. The average molecular weight is 238 g/mol. The lowest BCUT2D eigenvalue weighted by molar-refractivity contribution is 0.231. The highest BCUT2D eigenvalue weighted by Gasteiger charge is 2.94. The van der Waals surface area contributed by atoms with E-state index in [4.69, 9.17) is 0 Å². The number of hydrogen-bond acceptors (Lipinski definition) is 3. The molecule has 1 N–H and O–H groups in total.